The minimum absolute atomic E-state index is 0.124. The molecule has 138 valence electrons. The number of alkyl halides is 1. The third-order valence-electron chi connectivity index (χ3n) is 4.80. The predicted octanol–water partition coefficient (Wildman–Crippen LogP) is 3.57. The van der Waals surface area contributed by atoms with Crippen LogP contribution in [0.4, 0.5) is 4.39 Å². The van der Waals surface area contributed by atoms with Gasteiger partial charge in [0.05, 0.1) is 25.8 Å². The van der Waals surface area contributed by atoms with Crippen LogP contribution in [0.25, 0.3) is 22.6 Å². The summed E-state index contributed by atoms with van der Waals surface area (Å²) in [5, 5.41) is 0. The van der Waals surface area contributed by atoms with E-state index in [2.05, 4.69) is 11.1 Å². The van der Waals surface area contributed by atoms with Gasteiger partial charge in [0.2, 0.25) is 5.89 Å². The van der Waals surface area contributed by atoms with E-state index < -0.39 is 6.17 Å². The Kier molecular flexibility index (Phi) is 4.49. The maximum absolute atomic E-state index is 12.9. The zero-order valence-corrected chi connectivity index (χ0v) is 15.0. The molecule has 1 fully saturated rings. The number of aromatic nitrogens is 1. The first-order chi connectivity index (χ1) is 13.0. The van der Waals surface area contributed by atoms with Crippen molar-refractivity contribution in [2.45, 2.75) is 19.6 Å². The Morgan fingerprint density at radius 1 is 1.22 bits per heavy atom. The summed E-state index contributed by atoms with van der Waals surface area (Å²) < 4.78 is 18.6. The molecule has 1 aliphatic heterocycles. The van der Waals surface area contributed by atoms with Crippen molar-refractivity contribution in [1.29, 1.82) is 0 Å². The molecular formula is C21H20FN3O2. The summed E-state index contributed by atoms with van der Waals surface area (Å²) in [6.07, 6.45) is 0.751. The van der Waals surface area contributed by atoms with Gasteiger partial charge < -0.3 is 15.1 Å². The molecule has 0 spiro atoms. The molecule has 6 heteroatoms. The van der Waals surface area contributed by atoms with Crippen molar-refractivity contribution in [3.05, 3.63) is 65.5 Å². The Hall–Kier alpha value is -2.99. The first-order valence-electron chi connectivity index (χ1n) is 8.84. The summed E-state index contributed by atoms with van der Waals surface area (Å²) in [6.45, 7) is 2.70. The van der Waals surface area contributed by atoms with Crippen molar-refractivity contribution in [1.82, 2.24) is 9.88 Å². The molecular weight excluding hydrogens is 345 g/mol. The molecule has 3 aromatic rings. The van der Waals surface area contributed by atoms with Gasteiger partial charge in [-0.15, -0.1) is 0 Å². The molecule has 0 saturated carbocycles. The number of benzene rings is 2. The third kappa shape index (κ3) is 3.36. The van der Waals surface area contributed by atoms with Crippen LogP contribution >= 0.6 is 0 Å². The van der Waals surface area contributed by atoms with Gasteiger partial charge in [-0.2, -0.15) is 0 Å². The number of likely N-dealkylation sites (tertiary alicyclic amines) is 1. The van der Waals surface area contributed by atoms with E-state index in [1.807, 2.05) is 31.2 Å². The molecule has 4 rings (SSSR count). The van der Waals surface area contributed by atoms with Gasteiger partial charge in [0, 0.05) is 11.1 Å². The first kappa shape index (κ1) is 17.4. The molecule has 1 aliphatic rings. The van der Waals surface area contributed by atoms with Gasteiger partial charge in [-0.3, -0.25) is 4.79 Å². The summed E-state index contributed by atoms with van der Waals surface area (Å²) >= 11 is 0. The normalized spacial score (nSPS) is 14.3. The average Bonchev–Trinajstić information content (AvgIpc) is 3.14. The maximum Gasteiger partial charge on any atom is 0.254 e. The van der Waals surface area contributed by atoms with Crippen LogP contribution in [0.15, 0.2) is 53.1 Å². The van der Waals surface area contributed by atoms with Crippen LogP contribution < -0.4 is 5.73 Å². The largest absolute Gasteiger partial charge is 0.440 e. The van der Waals surface area contributed by atoms with Gasteiger partial charge in [0.1, 0.15) is 11.9 Å². The second-order valence-electron chi connectivity index (χ2n) is 6.75. The standard InChI is InChI=1S/C21H20FN3O2/c1-13-8-16(6-7-19(13)20-24-10-18(9-23)27-20)14-2-4-15(5-3-14)21(26)25-11-17(22)12-25/h2-8,10,17H,9,11-12,23H2,1H3. The van der Waals surface area contributed by atoms with Crippen LogP contribution in [-0.2, 0) is 6.54 Å². The highest BCUT2D eigenvalue weighted by molar-refractivity contribution is 5.95. The lowest BCUT2D eigenvalue weighted by atomic mass is 9.98. The molecule has 1 aromatic heterocycles. The first-order valence-corrected chi connectivity index (χ1v) is 8.84. The summed E-state index contributed by atoms with van der Waals surface area (Å²) in [5.41, 5.74) is 10.1. The Morgan fingerprint density at radius 2 is 1.93 bits per heavy atom. The monoisotopic (exact) mass is 365 g/mol. The van der Waals surface area contributed by atoms with E-state index >= 15 is 0 Å². The Balaban J connectivity index is 1.55. The van der Waals surface area contributed by atoms with Gasteiger partial charge in [-0.25, -0.2) is 9.37 Å². The highest BCUT2D eigenvalue weighted by atomic mass is 19.1. The van der Waals surface area contributed by atoms with E-state index in [-0.39, 0.29) is 19.0 Å². The number of oxazole rings is 1. The molecule has 0 radical (unpaired) electrons. The molecule has 1 amide bonds. The molecule has 5 nitrogen and oxygen atoms in total. The van der Waals surface area contributed by atoms with E-state index in [0.717, 1.165) is 22.3 Å². The predicted molar refractivity (Wildman–Crippen MR) is 101 cm³/mol. The summed E-state index contributed by atoms with van der Waals surface area (Å²) in [5.74, 6) is 1.08. The number of nitrogens with two attached hydrogens (primary N) is 1. The highest BCUT2D eigenvalue weighted by Gasteiger charge is 2.30. The Morgan fingerprint density at radius 3 is 2.52 bits per heavy atom. The summed E-state index contributed by atoms with van der Waals surface area (Å²) in [7, 11) is 0. The van der Waals surface area contributed by atoms with Gasteiger partial charge in [0.25, 0.3) is 5.91 Å². The van der Waals surface area contributed by atoms with Crippen molar-refractivity contribution >= 4 is 5.91 Å². The van der Waals surface area contributed by atoms with Crippen molar-refractivity contribution in [2.24, 2.45) is 5.73 Å². The molecule has 2 N–H and O–H groups in total. The second kappa shape index (κ2) is 6.96. The quantitative estimate of drug-likeness (QED) is 0.767. The minimum Gasteiger partial charge on any atom is -0.440 e. The highest BCUT2D eigenvalue weighted by Crippen LogP contribution is 2.29. The SMILES string of the molecule is Cc1cc(-c2ccc(C(=O)N3CC(F)C3)cc2)ccc1-c1ncc(CN)o1. The summed E-state index contributed by atoms with van der Waals surface area (Å²) in [6, 6.07) is 13.4. The average molecular weight is 365 g/mol. The lowest BCUT2D eigenvalue weighted by Crippen LogP contribution is -2.51. The number of hydrogen-bond acceptors (Lipinski definition) is 4. The lowest BCUT2D eigenvalue weighted by Gasteiger charge is -2.34. The van der Waals surface area contributed by atoms with E-state index in [1.165, 1.54) is 4.90 Å². The van der Waals surface area contributed by atoms with E-state index in [9.17, 15) is 9.18 Å². The van der Waals surface area contributed by atoms with E-state index in [4.69, 9.17) is 10.2 Å². The van der Waals surface area contributed by atoms with Gasteiger partial charge >= 0.3 is 0 Å². The fraction of sp³-hybridized carbons (Fsp3) is 0.238. The van der Waals surface area contributed by atoms with E-state index in [0.29, 0.717) is 23.8 Å². The number of amides is 1. The number of carbonyl (C=O) groups is 1. The number of rotatable bonds is 4. The molecule has 1 saturated heterocycles. The van der Waals surface area contributed by atoms with Crippen LogP contribution in [0.5, 0.6) is 0 Å². The summed E-state index contributed by atoms with van der Waals surface area (Å²) in [4.78, 5) is 18.0. The maximum atomic E-state index is 12.9. The molecule has 0 unspecified atom stereocenters. The van der Waals surface area contributed by atoms with Crippen LogP contribution in [0, 0.1) is 6.92 Å². The minimum atomic E-state index is -0.890. The van der Waals surface area contributed by atoms with Gasteiger partial charge in [-0.1, -0.05) is 24.3 Å². The number of halogens is 1. The molecule has 0 atom stereocenters. The third-order valence-corrected chi connectivity index (χ3v) is 4.80. The smallest absolute Gasteiger partial charge is 0.254 e. The van der Waals surface area contributed by atoms with Crippen LogP contribution in [-0.4, -0.2) is 35.1 Å². The molecule has 2 aromatic carbocycles. The Bertz CT molecular complexity index is 975. The van der Waals surface area contributed by atoms with Crippen molar-refractivity contribution in [3.8, 4) is 22.6 Å². The number of nitrogens with zero attached hydrogens (tertiary/aromatic N) is 2. The molecule has 27 heavy (non-hydrogen) atoms. The molecule has 2 heterocycles. The number of hydrogen-bond donors (Lipinski definition) is 1. The fourth-order valence-electron chi connectivity index (χ4n) is 3.19. The van der Waals surface area contributed by atoms with Gasteiger partial charge in [-0.05, 0) is 41.8 Å². The lowest BCUT2D eigenvalue weighted by molar-refractivity contribution is 0.0400. The Labute approximate surface area is 156 Å². The van der Waals surface area contributed by atoms with Gasteiger partial charge in [0.15, 0.2) is 0 Å². The zero-order chi connectivity index (χ0) is 19.0. The topological polar surface area (TPSA) is 72.4 Å². The van der Waals surface area contributed by atoms with E-state index in [1.54, 1.807) is 18.3 Å². The second-order valence-corrected chi connectivity index (χ2v) is 6.75. The van der Waals surface area contributed by atoms with Crippen molar-refractivity contribution in [2.75, 3.05) is 13.1 Å². The fourth-order valence-corrected chi connectivity index (χ4v) is 3.19. The van der Waals surface area contributed by atoms with Crippen LogP contribution in [0.2, 0.25) is 0 Å². The van der Waals surface area contributed by atoms with Crippen molar-refractivity contribution < 1.29 is 13.6 Å². The zero-order valence-electron chi connectivity index (χ0n) is 15.0. The van der Waals surface area contributed by atoms with Crippen LogP contribution in [0.1, 0.15) is 21.7 Å². The molecule has 0 bridgehead atoms. The number of aryl methyl sites for hydroxylation is 1. The number of carbonyl (C=O) groups excluding carboxylic acids is 1. The van der Waals surface area contributed by atoms with Crippen molar-refractivity contribution in [3.63, 3.8) is 0 Å². The van der Waals surface area contributed by atoms with Crippen LogP contribution in [0.3, 0.4) is 0 Å². The molecule has 0 aliphatic carbocycles.